The highest BCUT2D eigenvalue weighted by Crippen LogP contribution is 2.29. The summed E-state index contributed by atoms with van der Waals surface area (Å²) in [5.41, 5.74) is 3.96. The second-order valence-corrected chi connectivity index (χ2v) is 7.24. The van der Waals surface area contributed by atoms with E-state index >= 15 is 0 Å². The number of rotatable bonds is 6. The first kappa shape index (κ1) is 32.2. The molecule has 0 fully saturated rings. The fraction of sp³-hybridized carbons (Fsp3) is 0.407. The Morgan fingerprint density at radius 1 is 1.00 bits per heavy atom. The van der Waals surface area contributed by atoms with Crippen molar-refractivity contribution in [3.05, 3.63) is 87.3 Å². The number of aryl methyl sites for hydroxylation is 2. The molecule has 29 heavy (non-hydrogen) atoms. The van der Waals surface area contributed by atoms with Crippen molar-refractivity contribution in [1.82, 2.24) is 0 Å². The van der Waals surface area contributed by atoms with Crippen molar-refractivity contribution in [2.45, 2.75) is 75.2 Å². The molecule has 1 heterocycles. The average molecular weight is 433 g/mol. The van der Waals surface area contributed by atoms with E-state index in [4.69, 9.17) is 0 Å². The maximum atomic E-state index is 4.04. The number of thiophene rings is 1. The molecule has 0 atom stereocenters. The molecule has 0 unspecified atom stereocenters. The lowest BCUT2D eigenvalue weighted by Gasteiger charge is -2.11. The third-order valence-corrected chi connectivity index (χ3v) is 5.07. The number of hydrogen-bond acceptors (Lipinski definition) is 2. The van der Waals surface area contributed by atoms with Crippen LogP contribution in [0.15, 0.2) is 71.3 Å². The first-order valence-electron chi connectivity index (χ1n) is 10.8. The minimum atomic E-state index is 0.901. The first-order chi connectivity index (χ1) is 14.1. The summed E-state index contributed by atoms with van der Waals surface area (Å²) in [7, 11) is 0. The molecule has 0 aliphatic rings. The van der Waals surface area contributed by atoms with Crippen LogP contribution in [0.25, 0.3) is 5.57 Å². The second-order valence-electron chi connectivity index (χ2n) is 5.06. The third-order valence-electron chi connectivity index (χ3n) is 3.41. The van der Waals surface area contributed by atoms with Crippen LogP contribution in [0.2, 0.25) is 0 Å². The van der Waals surface area contributed by atoms with E-state index in [1.807, 2.05) is 58.3 Å². The van der Waals surface area contributed by atoms with Gasteiger partial charge in [-0.15, -0.1) is 23.1 Å². The molecule has 0 radical (unpaired) electrons. The summed E-state index contributed by atoms with van der Waals surface area (Å²) in [6.07, 6.45) is 4.24. The number of hydrogen-bond donors (Lipinski definition) is 0. The van der Waals surface area contributed by atoms with Crippen LogP contribution in [0.1, 0.15) is 77.8 Å². The van der Waals surface area contributed by atoms with E-state index < -0.39 is 0 Å². The highest BCUT2D eigenvalue weighted by Gasteiger charge is 2.05. The van der Waals surface area contributed by atoms with Gasteiger partial charge in [0.2, 0.25) is 0 Å². The molecule has 2 rings (SSSR count). The molecule has 2 aromatic rings. The molecule has 0 amide bonds. The molecule has 1 aromatic heterocycles. The van der Waals surface area contributed by atoms with E-state index in [1.165, 1.54) is 28.0 Å². The summed E-state index contributed by atoms with van der Waals surface area (Å²) in [5.74, 6) is 0. The molecule has 0 N–H and O–H groups in total. The standard InChI is InChI=1S/C15H18S.C6H8S.3C2H6/c1-5-14(11-13(4)16-6-2)15-10-8-7-9-12(15)3;1-2-6-4-3-5-7-6;3*1-2/h5-10H,2,4,11H2,1,3H3;3-5H,2H2,1H3;3*1-2H3/b14-5+;;;;. The monoisotopic (exact) mass is 432 g/mol. The van der Waals surface area contributed by atoms with Gasteiger partial charge in [0.15, 0.2) is 0 Å². The minimum Gasteiger partial charge on any atom is -0.149 e. The van der Waals surface area contributed by atoms with Gasteiger partial charge in [0.1, 0.15) is 0 Å². The smallest absolute Gasteiger partial charge is 0.00424 e. The number of thioether (sulfide) groups is 1. The van der Waals surface area contributed by atoms with Crippen molar-refractivity contribution in [1.29, 1.82) is 0 Å². The molecular formula is C27H44S2. The SMILES string of the molecule is C=CSC(=C)C/C(=C\C)c1ccccc1C.CC.CC.CC.CCc1cccs1. The van der Waals surface area contributed by atoms with E-state index in [2.05, 4.69) is 81.8 Å². The maximum Gasteiger partial charge on any atom is 0.00424 e. The van der Waals surface area contributed by atoms with Crippen LogP contribution in [-0.4, -0.2) is 0 Å². The molecule has 1 aromatic carbocycles. The molecule has 0 nitrogen and oxygen atoms in total. The Morgan fingerprint density at radius 2 is 1.59 bits per heavy atom. The Hall–Kier alpha value is -1.51. The van der Waals surface area contributed by atoms with Gasteiger partial charge in [0.05, 0.1) is 0 Å². The van der Waals surface area contributed by atoms with Crippen LogP contribution in [-0.2, 0) is 6.42 Å². The zero-order chi connectivity index (χ0) is 23.1. The van der Waals surface area contributed by atoms with Crippen molar-refractivity contribution in [3.63, 3.8) is 0 Å². The Balaban J connectivity index is -0.000000432. The van der Waals surface area contributed by atoms with Crippen molar-refractivity contribution in [2.75, 3.05) is 0 Å². The molecule has 164 valence electrons. The highest BCUT2D eigenvalue weighted by atomic mass is 32.2. The van der Waals surface area contributed by atoms with Gasteiger partial charge in [-0.25, -0.2) is 0 Å². The van der Waals surface area contributed by atoms with Crippen LogP contribution in [0.3, 0.4) is 0 Å². The Bertz CT molecular complexity index is 634. The van der Waals surface area contributed by atoms with Gasteiger partial charge in [-0.1, -0.05) is 98.0 Å². The van der Waals surface area contributed by atoms with Crippen molar-refractivity contribution < 1.29 is 0 Å². The van der Waals surface area contributed by atoms with E-state index in [-0.39, 0.29) is 0 Å². The highest BCUT2D eigenvalue weighted by molar-refractivity contribution is 8.05. The van der Waals surface area contributed by atoms with Crippen LogP contribution in [0, 0.1) is 6.92 Å². The lowest BCUT2D eigenvalue weighted by molar-refractivity contribution is 1.19. The Labute approximate surface area is 190 Å². The normalized spacial score (nSPS) is 9.07. The van der Waals surface area contributed by atoms with Gasteiger partial charge in [-0.3, -0.25) is 0 Å². The molecule has 0 bridgehead atoms. The summed E-state index contributed by atoms with van der Waals surface area (Å²) in [6.45, 7) is 26.1. The van der Waals surface area contributed by atoms with Crippen LogP contribution >= 0.6 is 23.1 Å². The Kier molecular flexibility index (Phi) is 27.2. The minimum absolute atomic E-state index is 0.901. The quantitative estimate of drug-likeness (QED) is 0.437. The molecule has 0 aliphatic carbocycles. The number of benzene rings is 1. The van der Waals surface area contributed by atoms with Gasteiger partial charge >= 0.3 is 0 Å². The summed E-state index contributed by atoms with van der Waals surface area (Å²) in [4.78, 5) is 2.60. The van der Waals surface area contributed by atoms with Gasteiger partial charge in [-0.2, -0.15) is 0 Å². The lowest BCUT2D eigenvalue weighted by Crippen LogP contribution is -1.89. The van der Waals surface area contributed by atoms with E-state index in [0.29, 0.717) is 0 Å². The summed E-state index contributed by atoms with van der Waals surface area (Å²) < 4.78 is 0. The van der Waals surface area contributed by atoms with Crippen LogP contribution < -0.4 is 0 Å². The van der Waals surface area contributed by atoms with E-state index in [0.717, 1.165) is 11.3 Å². The molecule has 0 saturated heterocycles. The van der Waals surface area contributed by atoms with Crippen LogP contribution in [0.5, 0.6) is 0 Å². The van der Waals surface area contributed by atoms with Crippen molar-refractivity contribution >= 4 is 28.7 Å². The second kappa shape index (κ2) is 24.5. The molecule has 0 spiro atoms. The molecule has 0 saturated carbocycles. The Morgan fingerprint density at radius 3 is 1.97 bits per heavy atom. The van der Waals surface area contributed by atoms with Gasteiger partial charge < -0.3 is 0 Å². The molecule has 0 aliphatic heterocycles. The third kappa shape index (κ3) is 16.0. The lowest BCUT2D eigenvalue weighted by atomic mass is 9.98. The van der Waals surface area contributed by atoms with Gasteiger partial charge in [0, 0.05) is 11.3 Å². The average Bonchev–Trinajstić information content (AvgIpc) is 3.32. The van der Waals surface area contributed by atoms with Crippen LogP contribution in [0.4, 0.5) is 0 Å². The van der Waals surface area contributed by atoms with E-state index in [9.17, 15) is 0 Å². The molecular weight excluding hydrogens is 388 g/mol. The summed E-state index contributed by atoms with van der Waals surface area (Å²) in [6, 6.07) is 12.7. The predicted octanol–water partition coefficient (Wildman–Crippen LogP) is 10.6. The first-order valence-corrected chi connectivity index (χ1v) is 12.6. The maximum absolute atomic E-state index is 4.04. The predicted molar refractivity (Wildman–Crippen MR) is 144 cm³/mol. The molecule has 2 heteroatoms. The summed E-state index contributed by atoms with van der Waals surface area (Å²) >= 11 is 3.43. The van der Waals surface area contributed by atoms with E-state index in [1.54, 1.807) is 11.8 Å². The van der Waals surface area contributed by atoms with Crippen molar-refractivity contribution in [2.24, 2.45) is 0 Å². The van der Waals surface area contributed by atoms with Gasteiger partial charge in [0.25, 0.3) is 0 Å². The fourth-order valence-corrected chi connectivity index (χ4v) is 3.30. The fourth-order valence-electron chi connectivity index (χ4n) is 2.17. The number of allylic oxidation sites excluding steroid dienone is 3. The largest absolute Gasteiger partial charge is 0.149 e. The summed E-state index contributed by atoms with van der Waals surface area (Å²) in [5, 5.41) is 3.94. The van der Waals surface area contributed by atoms with Gasteiger partial charge in [-0.05, 0) is 58.7 Å². The zero-order valence-electron chi connectivity index (χ0n) is 20.3. The van der Waals surface area contributed by atoms with Crippen molar-refractivity contribution in [3.8, 4) is 0 Å². The zero-order valence-corrected chi connectivity index (χ0v) is 22.0. The topological polar surface area (TPSA) is 0 Å².